The molecule has 0 amide bonds. The Kier molecular flexibility index (Phi) is 5.11. The Morgan fingerprint density at radius 2 is 1.83 bits per heavy atom. The summed E-state index contributed by atoms with van der Waals surface area (Å²) in [6.45, 7) is 2.55. The highest BCUT2D eigenvalue weighted by Crippen LogP contribution is 2.15. The van der Waals surface area contributed by atoms with Gasteiger partial charge in [-0.15, -0.1) is 0 Å². The third kappa shape index (κ3) is 3.92. The van der Waals surface area contributed by atoms with Gasteiger partial charge in [-0.2, -0.15) is 0 Å². The average molecular weight is 338 g/mol. The molecule has 0 radical (unpaired) electrons. The van der Waals surface area contributed by atoms with Crippen molar-refractivity contribution in [1.82, 2.24) is 9.55 Å². The van der Waals surface area contributed by atoms with E-state index in [0.717, 1.165) is 28.4 Å². The van der Waals surface area contributed by atoms with Gasteiger partial charge in [0.15, 0.2) is 10.9 Å². The third-order valence-electron chi connectivity index (χ3n) is 3.82. The minimum absolute atomic E-state index is 0.0126. The van der Waals surface area contributed by atoms with Crippen molar-refractivity contribution in [3.05, 3.63) is 66.0 Å². The van der Waals surface area contributed by atoms with Gasteiger partial charge in [0.2, 0.25) is 0 Å². The third-order valence-corrected chi connectivity index (χ3v) is 4.75. The van der Waals surface area contributed by atoms with Gasteiger partial charge in [0.05, 0.1) is 23.1 Å². The van der Waals surface area contributed by atoms with Crippen molar-refractivity contribution < 1.29 is 9.59 Å². The number of rotatable bonds is 6. The number of thioether (sulfide) groups is 1. The number of hydrogen-bond acceptors (Lipinski definition) is 4. The smallest absolute Gasteiger partial charge is 0.191 e. The summed E-state index contributed by atoms with van der Waals surface area (Å²) in [5.41, 5.74) is 3.71. The predicted octanol–water partition coefficient (Wildman–Crippen LogP) is 3.88. The summed E-state index contributed by atoms with van der Waals surface area (Å²) in [4.78, 5) is 28.4. The molecule has 0 spiro atoms. The van der Waals surface area contributed by atoms with Gasteiger partial charge < -0.3 is 4.57 Å². The molecule has 122 valence electrons. The van der Waals surface area contributed by atoms with Crippen LogP contribution in [-0.4, -0.2) is 26.2 Å². The number of carbonyl (C=O) groups excluding carboxylic acids is 2. The van der Waals surface area contributed by atoms with Gasteiger partial charge in [-0.3, -0.25) is 9.59 Å². The number of para-hydroxylation sites is 2. The molecule has 0 unspecified atom stereocenters. The van der Waals surface area contributed by atoms with Crippen LogP contribution >= 0.6 is 11.8 Å². The molecule has 24 heavy (non-hydrogen) atoms. The van der Waals surface area contributed by atoms with Crippen LogP contribution in [0.15, 0.2) is 54.9 Å². The Morgan fingerprint density at radius 3 is 2.62 bits per heavy atom. The Morgan fingerprint density at radius 1 is 1.08 bits per heavy atom. The second kappa shape index (κ2) is 7.45. The second-order valence-corrected chi connectivity index (χ2v) is 6.66. The molecule has 4 nitrogen and oxygen atoms in total. The van der Waals surface area contributed by atoms with Crippen LogP contribution in [0.5, 0.6) is 0 Å². The maximum Gasteiger partial charge on any atom is 0.191 e. The molecule has 0 saturated carbocycles. The molecule has 0 aliphatic rings. The summed E-state index contributed by atoms with van der Waals surface area (Å²) in [6, 6.07) is 15.3. The summed E-state index contributed by atoms with van der Waals surface area (Å²) < 4.78 is 1.97. The van der Waals surface area contributed by atoms with Crippen molar-refractivity contribution in [2.45, 2.75) is 19.9 Å². The van der Waals surface area contributed by atoms with Crippen LogP contribution < -0.4 is 0 Å². The van der Waals surface area contributed by atoms with E-state index in [1.807, 2.05) is 47.9 Å². The van der Waals surface area contributed by atoms with Crippen molar-refractivity contribution in [1.29, 1.82) is 0 Å². The number of nitrogens with zero attached hydrogens (tertiary/aromatic N) is 2. The highest BCUT2D eigenvalue weighted by atomic mass is 32.2. The number of benzene rings is 2. The van der Waals surface area contributed by atoms with Crippen LogP contribution in [0.2, 0.25) is 0 Å². The van der Waals surface area contributed by atoms with E-state index >= 15 is 0 Å². The monoisotopic (exact) mass is 338 g/mol. The topological polar surface area (TPSA) is 52.0 Å². The van der Waals surface area contributed by atoms with Gasteiger partial charge >= 0.3 is 0 Å². The Balaban J connectivity index is 1.51. The van der Waals surface area contributed by atoms with Crippen LogP contribution in [-0.2, 0) is 11.3 Å². The molecule has 0 fully saturated rings. The highest BCUT2D eigenvalue weighted by molar-refractivity contribution is 8.14. The summed E-state index contributed by atoms with van der Waals surface area (Å²) in [6.07, 6.45) is 2.13. The van der Waals surface area contributed by atoms with Gasteiger partial charge in [0.1, 0.15) is 0 Å². The lowest BCUT2D eigenvalue weighted by molar-refractivity contribution is -0.111. The summed E-state index contributed by atoms with van der Waals surface area (Å²) in [5, 5.41) is 0.0215. The standard InChI is InChI=1S/C19H18N2O2S/c1-14-6-8-15(9-7-14)18(22)12-24-19(23)10-11-21-13-20-16-4-2-3-5-17(16)21/h2-9,13H,10-12H2,1H3. The molecule has 3 rings (SSSR count). The summed E-state index contributed by atoms with van der Waals surface area (Å²) in [5.74, 6) is 0.175. The van der Waals surface area contributed by atoms with Crippen molar-refractivity contribution >= 4 is 33.7 Å². The van der Waals surface area contributed by atoms with Crippen molar-refractivity contribution in [2.75, 3.05) is 5.75 Å². The molecule has 2 aromatic carbocycles. The van der Waals surface area contributed by atoms with E-state index in [2.05, 4.69) is 4.98 Å². The van der Waals surface area contributed by atoms with Gasteiger partial charge in [-0.25, -0.2) is 4.98 Å². The van der Waals surface area contributed by atoms with E-state index in [1.54, 1.807) is 18.5 Å². The molecule has 0 aliphatic carbocycles. The second-order valence-electron chi connectivity index (χ2n) is 5.63. The van der Waals surface area contributed by atoms with Crippen LogP contribution in [0.3, 0.4) is 0 Å². The number of aromatic nitrogens is 2. The van der Waals surface area contributed by atoms with Gasteiger partial charge in [0, 0.05) is 18.5 Å². The van der Waals surface area contributed by atoms with Crippen LogP contribution in [0.1, 0.15) is 22.3 Å². The lowest BCUT2D eigenvalue weighted by Gasteiger charge is -2.04. The maximum absolute atomic E-state index is 12.1. The van der Waals surface area contributed by atoms with Crippen molar-refractivity contribution in [3.8, 4) is 0 Å². The normalized spacial score (nSPS) is 10.9. The van der Waals surface area contributed by atoms with Crippen LogP contribution in [0, 0.1) is 6.92 Å². The quantitative estimate of drug-likeness (QED) is 0.640. The Hall–Kier alpha value is -2.40. The average Bonchev–Trinajstić information content (AvgIpc) is 3.01. The highest BCUT2D eigenvalue weighted by Gasteiger charge is 2.11. The van der Waals surface area contributed by atoms with Gasteiger partial charge in [0.25, 0.3) is 0 Å². The molecule has 0 bridgehead atoms. The first kappa shape index (κ1) is 16.5. The first-order valence-corrected chi connectivity index (χ1v) is 8.77. The maximum atomic E-state index is 12.1. The fourth-order valence-electron chi connectivity index (χ4n) is 2.44. The van der Waals surface area contributed by atoms with Gasteiger partial charge in [-0.1, -0.05) is 53.7 Å². The molecule has 1 aromatic heterocycles. The number of carbonyl (C=O) groups is 2. The number of ketones is 1. The molecule has 0 saturated heterocycles. The fraction of sp³-hybridized carbons (Fsp3) is 0.211. The zero-order chi connectivity index (χ0) is 16.9. The molecule has 0 N–H and O–H groups in total. The number of aryl methyl sites for hydroxylation is 2. The van der Waals surface area contributed by atoms with E-state index in [9.17, 15) is 9.59 Å². The van der Waals surface area contributed by atoms with E-state index in [0.29, 0.717) is 18.5 Å². The first-order valence-electron chi connectivity index (χ1n) is 7.79. The summed E-state index contributed by atoms with van der Waals surface area (Å²) >= 11 is 1.09. The number of imidazole rings is 1. The molecule has 3 aromatic rings. The lowest BCUT2D eigenvalue weighted by atomic mass is 10.1. The first-order chi connectivity index (χ1) is 11.6. The fourth-order valence-corrected chi connectivity index (χ4v) is 3.14. The molecule has 1 heterocycles. The van der Waals surface area contributed by atoms with Gasteiger partial charge in [-0.05, 0) is 19.1 Å². The Bertz CT molecular complexity index is 868. The van der Waals surface area contributed by atoms with E-state index in [-0.39, 0.29) is 16.7 Å². The van der Waals surface area contributed by atoms with Crippen LogP contribution in [0.4, 0.5) is 0 Å². The van der Waals surface area contributed by atoms with Crippen molar-refractivity contribution in [2.24, 2.45) is 0 Å². The number of fused-ring (bicyclic) bond motifs is 1. The summed E-state index contributed by atoms with van der Waals surface area (Å²) in [7, 11) is 0. The van der Waals surface area contributed by atoms with E-state index < -0.39 is 0 Å². The minimum Gasteiger partial charge on any atom is -0.330 e. The SMILES string of the molecule is Cc1ccc(C(=O)CSC(=O)CCn2cnc3ccccc32)cc1. The van der Waals surface area contributed by atoms with Crippen molar-refractivity contribution in [3.63, 3.8) is 0 Å². The largest absolute Gasteiger partial charge is 0.330 e. The van der Waals surface area contributed by atoms with E-state index in [1.165, 1.54) is 0 Å². The molecular formula is C19H18N2O2S. The van der Waals surface area contributed by atoms with Crippen LogP contribution in [0.25, 0.3) is 11.0 Å². The zero-order valence-electron chi connectivity index (χ0n) is 13.4. The lowest BCUT2D eigenvalue weighted by Crippen LogP contribution is -2.07. The molecule has 0 atom stereocenters. The molecule has 0 aliphatic heterocycles. The zero-order valence-corrected chi connectivity index (χ0v) is 14.3. The number of hydrogen-bond donors (Lipinski definition) is 0. The Labute approximate surface area is 144 Å². The predicted molar refractivity (Wildman–Crippen MR) is 97.3 cm³/mol. The van der Waals surface area contributed by atoms with E-state index in [4.69, 9.17) is 0 Å². The molecular weight excluding hydrogens is 320 g/mol. The number of Topliss-reactive ketones (excluding diaryl/α,β-unsaturated/α-hetero) is 1. The molecule has 5 heteroatoms. The minimum atomic E-state index is -0.0126.